The zero-order valence-corrected chi connectivity index (χ0v) is 15.9. The van der Waals surface area contributed by atoms with Gasteiger partial charge in [-0.2, -0.15) is 5.10 Å². The average Bonchev–Trinajstić information content (AvgIpc) is 3.03. The van der Waals surface area contributed by atoms with Gasteiger partial charge in [0.05, 0.1) is 16.8 Å². The summed E-state index contributed by atoms with van der Waals surface area (Å²) >= 11 is 0.948. The number of thiazole rings is 1. The third kappa shape index (κ3) is 4.78. The molecule has 0 bridgehead atoms. The average molecular weight is 400 g/mol. The van der Waals surface area contributed by atoms with E-state index in [1.807, 2.05) is 30.3 Å². The van der Waals surface area contributed by atoms with Crippen LogP contribution >= 0.6 is 11.3 Å². The summed E-state index contributed by atoms with van der Waals surface area (Å²) in [5.41, 5.74) is 3.68. The quantitative estimate of drug-likeness (QED) is 0.491. The highest BCUT2D eigenvalue weighted by Crippen LogP contribution is 2.25. The van der Waals surface area contributed by atoms with E-state index in [-0.39, 0.29) is 14.9 Å². The van der Waals surface area contributed by atoms with Crippen LogP contribution in [0.25, 0.3) is 0 Å². The Labute approximate surface area is 160 Å². The number of hydrogen-bond acceptors (Lipinski definition) is 6. The molecule has 7 nitrogen and oxygen atoms in total. The number of benzene rings is 2. The molecule has 138 valence electrons. The highest BCUT2D eigenvalue weighted by molar-refractivity contribution is 7.93. The maximum Gasteiger partial charge on any atom is 0.283 e. The van der Waals surface area contributed by atoms with Crippen LogP contribution < -0.4 is 10.1 Å². The van der Waals surface area contributed by atoms with E-state index in [9.17, 15) is 13.2 Å². The molecule has 1 heterocycles. The van der Waals surface area contributed by atoms with Crippen LogP contribution in [0.15, 0.2) is 70.7 Å². The number of anilines is 1. The topological polar surface area (TPSA) is 101 Å². The molecule has 0 aliphatic carbocycles. The van der Waals surface area contributed by atoms with E-state index in [2.05, 4.69) is 20.2 Å². The molecule has 0 aliphatic heterocycles. The number of carbonyl (C=O) groups excluding carboxylic acids is 1. The summed E-state index contributed by atoms with van der Waals surface area (Å²) in [5, 5.41) is 4.03. The van der Waals surface area contributed by atoms with Gasteiger partial charge < -0.3 is 0 Å². The number of hydrogen-bond donors (Lipinski definition) is 2. The van der Waals surface area contributed by atoms with Crippen molar-refractivity contribution in [3.05, 3.63) is 76.8 Å². The molecule has 3 aromatic rings. The number of nitrogens with zero attached hydrogens (tertiary/aromatic N) is 2. The normalized spacial score (nSPS) is 11.4. The standard InChI is InChI=1S/C18H16N4O3S2/c1-13-16(17(23)21-19-12-14-8-4-2-5-9-14)26-18(20-13)22-27(24,25)15-10-6-3-7-11-15/h2-12H,1H3,(H,20,22)(H,21,23)/b19-12-. The van der Waals surface area contributed by atoms with E-state index in [4.69, 9.17) is 0 Å². The Bertz CT molecular complexity index is 1060. The number of aryl methyl sites for hydroxylation is 1. The van der Waals surface area contributed by atoms with Crippen LogP contribution in [0.2, 0.25) is 0 Å². The fraction of sp³-hybridized carbons (Fsp3) is 0.0556. The lowest BCUT2D eigenvalue weighted by Crippen LogP contribution is -2.17. The Morgan fingerprint density at radius 2 is 1.70 bits per heavy atom. The fourth-order valence-electron chi connectivity index (χ4n) is 2.18. The molecule has 0 spiro atoms. The monoisotopic (exact) mass is 400 g/mol. The van der Waals surface area contributed by atoms with Gasteiger partial charge in [-0.25, -0.2) is 18.8 Å². The second-order valence-electron chi connectivity index (χ2n) is 5.46. The Morgan fingerprint density at radius 1 is 1.07 bits per heavy atom. The molecular formula is C18H16N4O3S2. The van der Waals surface area contributed by atoms with Gasteiger partial charge in [0.1, 0.15) is 4.88 Å². The Kier molecular flexibility index (Phi) is 5.63. The molecule has 0 aliphatic rings. The highest BCUT2D eigenvalue weighted by Gasteiger charge is 2.19. The van der Waals surface area contributed by atoms with Crippen molar-refractivity contribution in [3.8, 4) is 0 Å². The predicted molar refractivity (Wildman–Crippen MR) is 106 cm³/mol. The van der Waals surface area contributed by atoms with Crippen molar-refractivity contribution in [1.82, 2.24) is 10.4 Å². The van der Waals surface area contributed by atoms with Crippen molar-refractivity contribution in [2.24, 2.45) is 5.10 Å². The summed E-state index contributed by atoms with van der Waals surface area (Å²) in [7, 11) is -3.76. The molecule has 0 atom stereocenters. The number of sulfonamides is 1. The zero-order chi connectivity index (χ0) is 19.3. The van der Waals surface area contributed by atoms with Gasteiger partial charge in [-0.15, -0.1) is 0 Å². The Morgan fingerprint density at radius 3 is 2.37 bits per heavy atom. The van der Waals surface area contributed by atoms with Gasteiger partial charge in [-0.3, -0.25) is 9.52 Å². The number of amides is 1. The lowest BCUT2D eigenvalue weighted by molar-refractivity contribution is 0.0958. The van der Waals surface area contributed by atoms with Crippen LogP contribution in [-0.2, 0) is 10.0 Å². The van der Waals surface area contributed by atoms with Crippen molar-refractivity contribution in [1.29, 1.82) is 0 Å². The molecule has 0 saturated heterocycles. The van der Waals surface area contributed by atoms with Crippen molar-refractivity contribution in [2.75, 3.05) is 4.72 Å². The first-order valence-corrected chi connectivity index (χ1v) is 10.2. The molecule has 0 unspecified atom stereocenters. The third-order valence-corrected chi connectivity index (χ3v) is 6.01. The minimum atomic E-state index is -3.76. The minimum absolute atomic E-state index is 0.119. The smallest absolute Gasteiger partial charge is 0.266 e. The van der Waals surface area contributed by atoms with Gasteiger partial charge >= 0.3 is 0 Å². The number of rotatable bonds is 6. The van der Waals surface area contributed by atoms with Crippen molar-refractivity contribution >= 4 is 38.6 Å². The Balaban J connectivity index is 1.70. The van der Waals surface area contributed by atoms with Crippen molar-refractivity contribution in [2.45, 2.75) is 11.8 Å². The summed E-state index contributed by atoms with van der Waals surface area (Å²) in [5.74, 6) is -0.456. The van der Waals surface area contributed by atoms with E-state index in [1.54, 1.807) is 25.1 Å². The largest absolute Gasteiger partial charge is 0.283 e. The summed E-state index contributed by atoms with van der Waals surface area (Å²) in [4.78, 5) is 16.8. The van der Waals surface area contributed by atoms with Gasteiger partial charge in [-0.1, -0.05) is 59.9 Å². The third-order valence-electron chi connectivity index (χ3n) is 3.46. The maximum atomic E-state index is 12.4. The first kappa shape index (κ1) is 18.7. The summed E-state index contributed by atoms with van der Waals surface area (Å²) < 4.78 is 27.1. The fourth-order valence-corrected chi connectivity index (χ4v) is 4.29. The molecule has 9 heteroatoms. The van der Waals surface area contributed by atoms with Crippen LogP contribution in [0.4, 0.5) is 5.13 Å². The van der Waals surface area contributed by atoms with E-state index in [0.29, 0.717) is 5.69 Å². The molecule has 2 N–H and O–H groups in total. The number of aromatic nitrogens is 1. The molecule has 0 saturated carbocycles. The van der Waals surface area contributed by atoms with Crippen LogP contribution in [-0.4, -0.2) is 25.5 Å². The van der Waals surface area contributed by atoms with Crippen LogP contribution in [0.1, 0.15) is 20.9 Å². The van der Waals surface area contributed by atoms with E-state index in [0.717, 1.165) is 16.9 Å². The number of carbonyl (C=O) groups is 1. The van der Waals surface area contributed by atoms with Gasteiger partial charge in [0, 0.05) is 0 Å². The van der Waals surface area contributed by atoms with Crippen LogP contribution in [0.5, 0.6) is 0 Å². The van der Waals surface area contributed by atoms with Crippen molar-refractivity contribution < 1.29 is 13.2 Å². The zero-order valence-electron chi connectivity index (χ0n) is 14.3. The summed E-state index contributed by atoms with van der Waals surface area (Å²) in [6, 6.07) is 17.3. The molecule has 1 aromatic heterocycles. The highest BCUT2D eigenvalue weighted by atomic mass is 32.2. The second kappa shape index (κ2) is 8.11. The lowest BCUT2D eigenvalue weighted by atomic mass is 10.2. The van der Waals surface area contributed by atoms with Crippen LogP contribution in [0.3, 0.4) is 0 Å². The Hall–Kier alpha value is -3.04. The number of hydrazone groups is 1. The minimum Gasteiger partial charge on any atom is -0.266 e. The summed E-state index contributed by atoms with van der Waals surface area (Å²) in [6.07, 6.45) is 1.52. The first-order valence-electron chi connectivity index (χ1n) is 7.89. The summed E-state index contributed by atoms with van der Waals surface area (Å²) in [6.45, 7) is 1.63. The molecule has 1 amide bonds. The van der Waals surface area contributed by atoms with E-state index in [1.165, 1.54) is 18.3 Å². The van der Waals surface area contributed by atoms with E-state index < -0.39 is 15.9 Å². The van der Waals surface area contributed by atoms with Crippen molar-refractivity contribution in [3.63, 3.8) is 0 Å². The SMILES string of the molecule is Cc1nc(NS(=O)(=O)c2ccccc2)sc1C(=O)N/N=C\c1ccccc1. The predicted octanol–water partition coefficient (Wildman–Crippen LogP) is 3.02. The first-order chi connectivity index (χ1) is 13.0. The second-order valence-corrected chi connectivity index (χ2v) is 8.14. The molecule has 3 rings (SSSR count). The van der Waals surface area contributed by atoms with Gasteiger partial charge in [-0.05, 0) is 24.6 Å². The molecule has 2 aromatic carbocycles. The van der Waals surface area contributed by atoms with E-state index >= 15 is 0 Å². The van der Waals surface area contributed by atoms with Gasteiger partial charge in [0.15, 0.2) is 5.13 Å². The lowest BCUT2D eigenvalue weighted by Gasteiger charge is -2.04. The molecular weight excluding hydrogens is 384 g/mol. The molecule has 27 heavy (non-hydrogen) atoms. The van der Waals surface area contributed by atoms with Gasteiger partial charge in [0.25, 0.3) is 15.9 Å². The molecule has 0 radical (unpaired) electrons. The number of nitrogens with one attached hydrogen (secondary N) is 2. The molecule has 0 fully saturated rings. The maximum absolute atomic E-state index is 12.4. The van der Waals surface area contributed by atoms with Crippen LogP contribution in [0, 0.1) is 6.92 Å². The van der Waals surface area contributed by atoms with Gasteiger partial charge in [0.2, 0.25) is 0 Å².